The number of hydrogen-bond acceptors (Lipinski definition) is 5. The van der Waals surface area contributed by atoms with Crippen molar-refractivity contribution in [1.29, 1.82) is 0 Å². The zero-order valence-corrected chi connectivity index (χ0v) is 14.8. The second kappa shape index (κ2) is 9.71. The average Bonchev–Trinajstić information content (AvgIpc) is 3.16. The number of piperidine rings is 1. The molecule has 1 fully saturated rings. The van der Waals surface area contributed by atoms with E-state index < -0.39 is 0 Å². The van der Waals surface area contributed by atoms with Crippen LogP contribution in [-0.2, 0) is 20.9 Å². The Morgan fingerprint density at radius 3 is 2.72 bits per heavy atom. The smallest absolute Gasteiger partial charge is 0.308 e. The van der Waals surface area contributed by atoms with Crippen LogP contribution in [0.25, 0.3) is 0 Å². The molecule has 0 atom stereocenters. The van der Waals surface area contributed by atoms with Crippen LogP contribution in [0.5, 0.6) is 0 Å². The highest BCUT2D eigenvalue weighted by Crippen LogP contribution is 2.18. The average molecular weight is 350 g/mol. The van der Waals surface area contributed by atoms with Gasteiger partial charge in [-0.3, -0.25) is 9.59 Å². The molecule has 1 aromatic heterocycles. The quantitative estimate of drug-likeness (QED) is 0.446. The molecule has 8 heteroatoms. The van der Waals surface area contributed by atoms with Crippen molar-refractivity contribution < 1.29 is 18.7 Å². The number of likely N-dealkylation sites (tertiary alicyclic amines) is 1. The number of carbonyl (C=O) groups is 2. The molecule has 0 unspecified atom stereocenters. The molecule has 0 aromatic carbocycles. The number of carbonyl (C=O) groups excluding carboxylic acids is 2. The number of nitrogens with one attached hydrogen (secondary N) is 2. The summed E-state index contributed by atoms with van der Waals surface area (Å²) in [4.78, 5) is 30.0. The largest absolute Gasteiger partial charge is 0.469 e. The number of esters is 1. The SMILES string of the molecule is CCNC(=NCC(=O)NCc1ccco1)N1CCC(C(=O)OC)CC1. The minimum atomic E-state index is -0.170. The minimum absolute atomic E-state index is 0.0416. The van der Waals surface area contributed by atoms with Gasteiger partial charge < -0.3 is 24.7 Å². The summed E-state index contributed by atoms with van der Waals surface area (Å²) in [5, 5.41) is 5.96. The summed E-state index contributed by atoms with van der Waals surface area (Å²) in [6, 6.07) is 3.58. The van der Waals surface area contributed by atoms with Crippen LogP contribution in [-0.4, -0.2) is 56.0 Å². The fourth-order valence-electron chi connectivity index (χ4n) is 2.72. The molecule has 2 rings (SSSR count). The van der Waals surface area contributed by atoms with Gasteiger partial charge in [-0.15, -0.1) is 0 Å². The number of ether oxygens (including phenoxy) is 1. The molecule has 0 saturated carbocycles. The van der Waals surface area contributed by atoms with Gasteiger partial charge in [0, 0.05) is 19.6 Å². The normalized spacial score (nSPS) is 15.8. The molecule has 0 bridgehead atoms. The van der Waals surface area contributed by atoms with E-state index in [1.54, 1.807) is 18.4 Å². The summed E-state index contributed by atoms with van der Waals surface area (Å²) in [6.45, 7) is 4.50. The third kappa shape index (κ3) is 5.81. The van der Waals surface area contributed by atoms with Gasteiger partial charge in [-0.1, -0.05) is 0 Å². The number of guanidine groups is 1. The van der Waals surface area contributed by atoms with Crippen LogP contribution < -0.4 is 10.6 Å². The highest BCUT2D eigenvalue weighted by atomic mass is 16.5. The van der Waals surface area contributed by atoms with Crippen LogP contribution in [0.2, 0.25) is 0 Å². The minimum Gasteiger partial charge on any atom is -0.469 e. The van der Waals surface area contributed by atoms with E-state index in [-0.39, 0.29) is 24.3 Å². The van der Waals surface area contributed by atoms with Gasteiger partial charge in [-0.25, -0.2) is 4.99 Å². The number of aliphatic imine (C=N–C) groups is 1. The van der Waals surface area contributed by atoms with Crippen LogP contribution in [0.15, 0.2) is 27.8 Å². The van der Waals surface area contributed by atoms with E-state index in [0.29, 0.717) is 37.9 Å². The van der Waals surface area contributed by atoms with E-state index in [1.807, 2.05) is 6.92 Å². The van der Waals surface area contributed by atoms with Crippen molar-refractivity contribution in [3.05, 3.63) is 24.2 Å². The Morgan fingerprint density at radius 1 is 1.36 bits per heavy atom. The molecule has 8 nitrogen and oxygen atoms in total. The van der Waals surface area contributed by atoms with Crippen LogP contribution >= 0.6 is 0 Å². The Morgan fingerprint density at radius 2 is 2.12 bits per heavy atom. The van der Waals surface area contributed by atoms with Gasteiger partial charge in [0.2, 0.25) is 5.91 Å². The molecule has 0 radical (unpaired) electrons. The van der Waals surface area contributed by atoms with Gasteiger partial charge in [-0.2, -0.15) is 0 Å². The second-order valence-corrected chi connectivity index (χ2v) is 5.81. The zero-order valence-electron chi connectivity index (χ0n) is 14.8. The fourth-order valence-corrected chi connectivity index (χ4v) is 2.72. The van der Waals surface area contributed by atoms with Gasteiger partial charge in [0.15, 0.2) is 5.96 Å². The van der Waals surface area contributed by atoms with Crippen LogP contribution in [0.1, 0.15) is 25.5 Å². The van der Waals surface area contributed by atoms with Gasteiger partial charge in [0.1, 0.15) is 12.3 Å². The van der Waals surface area contributed by atoms with Crippen molar-refractivity contribution in [1.82, 2.24) is 15.5 Å². The van der Waals surface area contributed by atoms with Gasteiger partial charge >= 0.3 is 5.97 Å². The molecule has 25 heavy (non-hydrogen) atoms. The van der Waals surface area contributed by atoms with Crippen LogP contribution in [0, 0.1) is 5.92 Å². The van der Waals surface area contributed by atoms with E-state index in [9.17, 15) is 9.59 Å². The Hall–Kier alpha value is -2.51. The van der Waals surface area contributed by atoms with Crippen LogP contribution in [0.4, 0.5) is 0 Å². The molecule has 1 aliphatic rings. The number of nitrogens with zero attached hydrogens (tertiary/aromatic N) is 2. The predicted molar refractivity (Wildman–Crippen MR) is 92.8 cm³/mol. The molecule has 2 heterocycles. The van der Waals surface area contributed by atoms with E-state index in [4.69, 9.17) is 9.15 Å². The standard InChI is InChI=1S/C17H26N4O4/c1-3-18-17(21-8-6-13(7-9-21)16(23)24-2)20-12-15(22)19-11-14-5-4-10-25-14/h4-5,10,13H,3,6-9,11-12H2,1-2H3,(H,18,20)(H,19,22). The second-order valence-electron chi connectivity index (χ2n) is 5.81. The first-order valence-electron chi connectivity index (χ1n) is 8.54. The molecule has 2 N–H and O–H groups in total. The van der Waals surface area contributed by atoms with Gasteiger partial charge in [-0.05, 0) is 31.9 Å². The van der Waals surface area contributed by atoms with Gasteiger partial charge in [0.25, 0.3) is 0 Å². The summed E-state index contributed by atoms with van der Waals surface area (Å²) >= 11 is 0. The Labute approximate surface area is 147 Å². The lowest BCUT2D eigenvalue weighted by Gasteiger charge is -2.33. The first-order valence-corrected chi connectivity index (χ1v) is 8.54. The number of methoxy groups -OCH3 is 1. The van der Waals surface area contributed by atoms with Crippen LogP contribution in [0.3, 0.4) is 0 Å². The molecule has 0 aliphatic carbocycles. The predicted octanol–water partition coefficient (Wildman–Crippen LogP) is 0.746. The molecule has 1 amide bonds. The highest BCUT2D eigenvalue weighted by molar-refractivity contribution is 5.85. The number of rotatable bonds is 6. The summed E-state index contributed by atoms with van der Waals surface area (Å²) in [7, 11) is 1.42. The number of hydrogen-bond donors (Lipinski definition) is 2. The highest BCUT2D eigenvalue weighted by Gasteiger charge is 2.27. The zero-order chi connectivity index (χ0) is 18.1. The Kier molecular flexibility index (Phi) is 7.31. The lowest BCUT2D eigenvalue weighted by atomic mass is 9.97. The third-order valence-electron chi connectivity index (χ3n) is 4.08. The first kappa shape index (κ1) is 18.8. The van der Waals surface area contributed by atoms with Crippen molar-refractivity contribution in [3.8, 4) is 0 Å². The van der Waals surface area contributed by atoms with Crippen molar-refractivity contribution >= 4 is 17.8 Å². The molecule has 0 spiro atoms. The maximum atomic E-state index is 11.9. The van der Waals surface area contributed by atoms with Crippen molar-refractivity contribution in [2.24, 2.45) is 10.9 Å². The topological polar surface area (TPSA) is 96.2 Å². The molecular weight excluding hydrogens is 324 g/mol. The Bertz CT molecular complexity index is 577. The maximum absolute atomic E-state index is 11.9. The maximum Gasteiger partial charge on any atom is 0.308 e. The summed E-state index contributed by atoms with van der Waals surface area (Å²) in [6.07, 6.45) is 3.02. The lowest BCUT2D eigenvalue weighted by Crippen LogP contribution is -2.47. The van der Waals surface area contributed by atoms with E-state index in [1.165, 1.54) is 7.11 Å². The van der Waals surface area contributed by atoms with Crippen molar-refractivity contribution in [2.75, 3.05) is 33.3 Å². The molecule has 1 aliphatic heterocycles. The molecule has 138 valence electrons. The lowest BCUT2D eigenvalue weighted by molar-refractivity contribution is -0.146. The van der Waals surface area contributed by atoms with E-state index >= 15 is 0 Å². The van der Waals surface area contributed by atoms with Crippen molar-refractivity contribution in [3.63, 3.8) is 0 Å². The summed E-state index contributed by atoms with van der Waals surface area (Å²) < 4.78 is 9.98. The fraction of sp³-hybridized carbons (Fsp3) is 0.588. The number of amides is 1. The Balaban J connectivity index is 1.83. The van der Waals surface area contributed by atoms with Gasteiger partial charge in [0.05, 0.1) is 25.8 Å². The van der Waals surface area contributed by atoms with E-state index in [2.05, 4.69) is 20.5 Å². The first-order chi connectivity index (χ1) is 12.1. The molecule has 1 aromatic rings. The number of furan rings is 1. The molecule has 1 saturated heterocycles. The van der Waals surface area contributed by atoms with E-state index in [0.717, 1.165) is 12.8 Å². The third-order valence-corrected chi connectivity index (χ3v) is 4.08. The monoisotopic (exact) mass is 350 g/mol. The summed E-state index contributed by atoms with van der Waals surface area (Å²) in [5.74, 6) is 1.02. The van der Waals surface area contributed by atoms with Crippen molar-refractivity contribution in [2.45, 2.75) is 26.3 Å². The summed E-state index contributed by atoms with van der Waals surface area (Å²) in [5.41, 5.74) is 0. The molecular formula is C17H26N4O4.